The second-order valence-electron chi connectivity index (χ2n) is 8.25. The number of likely N-dealkylation sites (N-methyl/N-ethyl adjacent to an activating group) is 1. The normalized spacial score (nSPS) is 17.7. The summed E-state index contributed by atoms with van der Waals surface area (Å²) in [5.74, 6) is 0.971. The quantitative estimate of drug-likeness (QED) is 0.587. The third-order valence-electron chi connectivity index (χ3n) is 6.14. The second-order valence-corrected chi connectivity index (χ2v) is 8.25. The lowest BCUT2D eigenvalue weighted by molar-refractivity contribution is 0.0858. The highest BCUT2D eigenvalue weighted by molar-refractivity contribution is 5.99. The van der Waals surface area contributed by atoms with Crippen LogP contribution in [0, 0.1) is 6.92 Å². The van der Waals surface area contributed by atoms with Crippen LogP contribution in [-0.4, -0.2) is 62.6 Å². The monoisotopic (exact) mass is 421 g/mol. The molecule has 1 aromatic heterocycles. The maximum atomic E-state index is 12.7. The number of hydrogen-bond donors (Lipinski definition) is 1. The number of benzene rings is 2. The van der Waals surface area contributed by atoms with Gasteiger partial charge in [0.1, 0.15) is 11.3 Å². The van der Waals surface area contributed by atoms with Gasteiger partial charge in [-0.2, -0.15) is 0 Å². The van der Waals surface area contributed by atoms with Crippen molar-refractivity contribution in [2.45, 2.75) is 19.4 Å². The number of carbonyl (C=O) groups is 1. The van der Waals surface area contributed by atoms with Gasteiger partial charge in [-0.3, -0.25) is 9.69 Å². The van der Waals surface area contributed by atoms with Gasteiger partial charge in [0.25, 0.3) is 5.91 Å². The molecule has 1 amide bonds. The fourth-order valence-electron chi connectivity index (χ4n) is 4.32. The van der Waals surface area contributed by atoms with E-state index in [0.29, 0.717) is 23.9 Å². The SMILES string of the molecule is COc1ccc2oc(C(=O)NCCCN3CCN(C)CC3c3ccccc3)c(C)c2c1. The molecule has 1 aliphatic heterocycles. The highest BCUT2D eigenvalue weighted by atomic mass is 16.5. The Morgan fingerprint density at radius 3 is 2.77 bits per heavy atom. The molecule has 0 bridgehead atoms. The van der Waals surface area contributed by atoms with E-state index in [-0.39, 0.29) is 5.91 Å². The fourth-order valence-corrected chi connectivity index (χ4v) is 4.32. The van der Waals surface area contributed by atoms with Crippen molar-refractivity contribution in [3.63, 3.8) is 0 Å². The fraction of sp³-hybridized carbons (Fsp3) is 0.400. The number of carbonyl (C=O) groups excluding carboxylic acids is 1. The first kappa shape index (κ1) is 21.4. The standard InChI is InChI=1S/C25H31N3O3/c1-18-21-16-20(30-3)10-11-23(21)31-24(18)25(29)26-12-7-13-28-15-14-27(2)17-22(28)19-8-5-4-6-9-19/h4-6,8-11,16,22H,7,12-15,17H2,1-3H3,(H,26,29). The molecule has 0 aliphatic carbocycles. The van der Waals surface area contributed by atoms with Crippen molar-refractivity contribution in [2.24, 2.45) is 0 Å². The maximum Gasteiger partial charge on any atom is 0.287 e. The van der Waals surface area contributed by atoms with Crippen LogP contribution < -0.4 is 10.1 Å². The number of furan rings is 1. The van der Waals surface area contributed by atoms with Crippen LogP contribution >= 0.6 is 0 Å². The predicted molar refractivity (Wildman–Crippen MR) is 123 cm³/mol. The van der Waals surface area contributed by atoms with Crippen molar-refractivity contribution in [3.8, 4) is 5.75 Å². The molecule has 1 N–H and O–H groups in total. The summed E-state index contributed by atoms with van der Waals surface area (Å²) >= 11 is 0. The maximum absolute atomic E-state index is 12.7. The van der Waals surface area contributed by atoms with E-state index in [1.165, 1.54) is 5.56 Å². The van der Waals surface area contributed by atoms with E-state index in [2.05, 4.69) is 52.5 Å². The van der Waals surface area contributed by atoms with Gasteiger partial charge in [0, 0.05) is 49.7 Å². The molecule has 6 heteroatoms. The molecule has 0 saturated carbocycles. The first-order chi connectivity index (χ1) is 15.1. The zero-order valence-electron chi connectivity index (χ0n) is 18.6. The molecule has 1 atom stereocenters. The van der Waals surface area contributed by atoms with Crippen LogP contribution in [-0.2, 0) is 0 Å². The number of rotatable bonds is 7. The Balaban J connectivity index is 1.34. The van der Waals surface area contributed by atoms with Crippen molar-refractivity contribution in [2.75, 3.05) is 46.9 Å². The van der Waals surface area contributed by atoms with Crippen molar-refractivity contribution < 1.29 is 13.9 Å². The Morgan fingerprint density at radius 2 is 2.00 bits per heavy atom. The summed E-state index contributed by atoms with van der Waals surface area (Å²) in [5.41, 5.74) is 2.90. The lowest BCUT2D eigenvalue weighted by Crippen LogP contribution is -2.47. The summed E-state index contributed by atoms with van der Waals surface area (Å²) in [6, 6.07) is 16.7. The van der Waals surface area contributed by atoms with Crippen LogP contribution in [0.2, 0.25) is 0 Å². The number of amides is 1. The number of ether oxygens (including phenoxy) is 1. The molecule has 0 spiro atoms. The topological polar surface area (TPSA) is 58.0 Å². The minimum atomic E-state index is -0.161. The predicted octanol–water partition coefficient (Wildman–Crippen LogP) is 3.86. The van der Waals surface area contributed by atoms with Crippen LogP contribution in [0.1, 0.15) is 34.1 Å². The number of nitrogens with one attached hydrogen (secondary N) is 1. The van der Waals surface area contributed by atoms with Gasteiger partial charge in [0.15, 0.2) is 5.76 Å². The molecule has 1 unspecified atom stereocenters. The molecule has 2 aromatic carbocycles. The molecule has 2 heterocycles. The third kappa shape index (κ3) is 4.75. The van der Waals surface area contributed by atoms with Gasteiger partial charge < -0.3 is 19.4 Å². The Morgan fingerprint density at radius 1 is 1.19 bits per heavy atom. The number of fused-ring (bicyclic) bond motifs is 1. The Kier molecular flexibility index (Phi) is 6.59. The molecule has 6 nitrogen and oxygen atoms in total. The van der Waals surface area contributed by atoms with E-state index in [1.54, 1.807) is 7.11 Å². The van der Waals surface area contributed by atoms with Crippen molar-refractivity contribution >= 4 is 16.9 Å². The van der Waals surface area contributed by atoms with E-state index in [4.69, 9.17) is 9.15 Å². The van der Waals surface area contributed by atoms with Gasteiger partial charge in [-0.05, 0) is 44.2 Å². The van der Waals surface area contributed by atoms with E-state index < -0.39 is 0 Å². The highest BCUT2D eigenvalue weighted by Crippen LogP contribution is 2.29. The Hall–Kier alpha value is -2.83. The molecule has 1 saturated heterocycles. The first-order valence-electron chi connectivity index (χ1n) is 10.9. The Labute approximate surface area is 183 Å². The molecule has 1 fully saturated rings. The zero-order valence-corrected chi connectivity index (χ0v) is 18.6. The van der Waals surface area contributed by atoms with Crippen LogP contribution in [0.4, 0.5) is 0 Å². The molecule has 31 heavy (non-hydrogen) atoms. The van der Waals surface area contributed by atoms with Gasteiger partial charge in [-0.15, -0.1) is 0 Å². The smallest absolute Gasteiger partial charge is 0.287 e. The number of methoxy groups -OCH3 is 1. The molecule has 1 aliphatic rings. The molecular weight excluding hydrogens is 390 g/mol. The summed E-state index contributed by atoms with van der Waals surface area (Å²) in [6.45, 7) is 6.61. The largest absolute Gasteiger partial charge is 0.497 e. The molecular formula is C25H31N3O3. The lowest BCUT2D eigenvalue weighted by atomic mass is 10.0. The summed E-state index contributed by atoms with van der Waals surface area (Å²) in [6.07, 6.45) is 0.895. The zero-order chi connectivity index (χ0) is 21.8. The number of piperazine rings is 1. The molecule has 4 rings (SSSR count). The van der Waals surface area contributed by atoms with Crippen LogP contribution in [0.15, 0.2) is 52.9 Å². The number of aryl methyl sites for hydroxylation is 1. The Bertz CT molecular complexity index is 1030. The van der Waals surface area contributed by atoms with Gasteiger partial charge in [-0.1, -0.05) is 30.3 Å². The van der Waals surface area contributed by atoms with Crippen LogP contribution in [0.3, 0.4) is 0 Å². The minimum Gasteiger partial charge on any atom is -0.497 e. The van der Waals surface area contributed by atoms with E-state index in [9.17, 15) is 4.79 Å². The molecule has 3 aromatic rings. The van der Waals surface area contributed by atoms with Gasteiger partial charge >= 0.3 is 0 Å². The number of nitrogens with zero attached hydrogens (tertiary/aromatic N) is 2. The minimum absolute atomic E-state index is 0.161. The summed E-state index contributed by atoms with van der Waals surface area (Å²) < 4.78 is 11.1. The number of hydrogen-bond acceptors (Lipinski definition) is 5. The summed E-state index contributed by atoms with van der Waals surface area (Å²) in [7, 11) is 3.81. The van der Waals surface area contributed by atoms with Crippen LogP contribution in [0.25, 0.3) is 11.0 Å². The van der Waals surface area contributed by atoms with E-state index in [1.807, 2.05) is 25.1 Å². The van der Waals surface area contributed by atoms with Crippen molar-refractivity contribution in [1.29, 1.82) is 0 Å². The second kappa shape index (κ2) is 9.54. The van der Waals surface area contributed by atoms with E-state index >= 15 is 0 Å². The third-order valence-corrected chi connectivity index (χ3v) is 6.14. The summed E-state index contributed by atoms with van der Waals surface area (Å²) in [5, 5.41) is 3.94. The molecule has 164 valence electrons. The van der Waals surface area contributed by atoms with Gasteiger partial charge in [0.05, 0.1) is 7.11 Å². The van der Waals surface area contributed by atoms with E-state index in [0.717, 1.165) is 49.3 Å². The average molecular weight is 422 g/mol. The first-order valence-corrected chi connectivity index (χ1v) is 10.9. The molecule has 0 radical (unpaired) electrons. The van der Waals surface area contributed by atoms with Gasteiger partial charge in [0.2, 0.25) is 0 Å². The van der Waals surface area contributed by atoms with Crippen molar-refractivity contribution in [3.05, 3.63) is 65.4 Å². The van der Waals surface area contributed by atoms with Crippen LogP contribution in [0.5, 0.6) is 5.75 Å². The highest BCUT2D eigenvalue weighted by Gasteiger charge is 2.26. The lowest BCUT2D eigenvalue weighted by Gasteiger charge is -2.40. The summed E-state index contributed by atoms with van der Waals surface area (Å²) in [4.78, 5) is 17.6. The van der Waals surface area contributed by atoms with Gasteiger partial charge in [-0.25, -0.2) is 0 Å². The van der Waals surface area contributed by atoms with Crippen molar-refractivity contribution in [1.82, 2.24) is 15.1 Å². The average Bonchev–Trinajstić information content (AvgIpc) is 3.13.